The van der Waals surface area contributed by atoms with E-state index < -0.39 is 0 Å². The molecule has 2 N–H and O–H groups in total. The summed E-state index contributed by atoms with van der Waals surface area (Å²) in [5, 5.41) is 5.91. The van der Waals surface area contributed by atoms with Crippen molar-refractivity contribution >= 4 is 29.2 Å². The first-order chi connectivity index (χ1) is 9.00. The van der Waals surface area contributed by atoms with E-state index in [1.54, 1.807) is 6.92 Å². The van der Waals surface area contributed by atoms with Crippen molar-refractivity contribution in [2.24, 2.45) is 0 Å². The zero-order valence-electron chi connectivity index (χ0n) is 11.2. The van der Waals surface area contributed by atoms with Crippen LogP contribution < -0.4 is 10.6 Å². The van der Waals surface area contributed by atoms with E-state index in [0.717, 1.165) is 32.1 Å². The largest absolute Gasteiger partial charge is 0.462 e. The Hall–Kier alpha value is -1.43. The SMILES string of the molecule is C=C(C)C(=O)OCCCCCCC1NC(=S)NC1=O. The molecule has 5 nitrogen and oxygen atoms in total. The third-order valence-electron chi connectivity index (χ3n) is 2.83. The molecule has 1 fully saturated rings. The molecule has 0 aromatic heterocycles. The second kappa shape index (κ2) is 7.89. The molecule has 1 amide bonds. The minimum absolute atomic E-state index is 0.0413. The van der Waals surface area contributed by atoms with Crippen LogP contribution in [0, 0.1) is 0 Å². The van der Waals surface area contributed by atoms with Crippen molar-refractivity contribution in [1.82, 2.24) is 10.6 Å². The van der Waals surface area contributed by atoms with Gasteiger partial charge < -0.3 is 15.4 Å². The van der Waals surface area contributed by atoms with Crippen molar-refractivity contribution < 1.29 is 14.3 Å². The molecule has 19 heavy (non-hydrogen) atoms. The highest BCUT2D eigenvalue weighted by molar-refractivity contribution is 7.80. The van der Waals surface area contributed by atoms with Gasteiger partial charge >= 0.3 is 5.97 Å². The third kappa shape index (κ3) is 5.83. The smallest absolute Gasteiger partial charge is 0.333 e. The van der Waals surface area contributed by atoms with Crippen LogP contribution in [0.5, 0.6) is 0 Å². The fourth-order valence-corrected chi connectivity index (χ4v) is 2.00. The number of ether oxygens (including phenoxy) is 1. The van der Waals surface area contributed by atoms with Gasteiger partial charge in [0.15, 0.2) is 5.11 Å². The summed E-state index contributed by atoms with van der Waals surface area (Å²) in [6.45, 7) is 5.57. The number of esters is 1. The summed E-state index contributed by atoms with van der Waals surface area (Å²) in [7, 11) is 0. The highest BCUT2D eigenvalue weighted by Gasteiger charge is 2.25. The van der Waals surface area contributed by atoms with Crippen molar-refractivity contribution in [2.75, 3.05) is 6.61 Å². The van der Waals surface area contributed by atoms with Crippen LogP contribution >= 0.6 is 12.2 Å². The van der Waals surface area contributed by atoms with Crippen LogP contribution in [0.25, 0.3) is 0 Å². The first-order valence-electron chi connectivity index (χ1n) is 6.44. The van der Waals surface area contributed by atoms with Crippen molar-refractivity contribution in [3.8, 4) is 0 Å². The molecule has 0 radical (unpaired) electrons. The Labute approximate surface area is 118 Å². The summed E-state index contributed by atoms with van der Waals surface area (Å²) >= 11 is 4.86. The van der Waals surface area contributed by atoms with Gasteiger partial charge in [-0.25, -0.2) is 4.79 Å². The minimum Gasteiger partial charge on any atom is -0.462 e. The Balaban J connectivity index is 1.97. The van der Waals surface area contributed by atoms with Crippen molar-refractivity contribution in [3.63, 3.8) is 0 Å². The van der Waals surface area contributed by atoms with E-state index in [9.17, 15) is 9.59 Å². The van der Waals surface area contributed by atoms with Gasteiger partial charge in [0, 0.05) is 5.57 Å². The number of amides is 1. The first-order valence-corrected chi connectivity index (χ1v) is 6.85. The van der Waals surface area contributed by atoms with E-state index >= 15 is 0 Å². The van der Waals surface area contributed by atoms with E-state index in [1.807, 2.05) is 0 Å². The average molecular weight is 284 g/mol. The van der Waals surface area contributed by atoms with Crippen molar-refractivity contribution in [2.45, 2.75) is 45.1 Å². The standard InChI is InChI=1S/C13H20N2O3S/c1-9(2)12(17)18-8-6-4-3-5-7-10-11(16)15-13(19)14-10/h10H,1,3-8H2,2H3,(H2,14,15,16,19). The Morgan fingerprint density at radius 2 is 2.05 bits per heavy atom. The van der Waals surface area contributed by atoms with E-state index in [2.05, 4.69) is 17.2 Å². The molecule has 0 aliphatic carbocycles. The molecule has 0 spiro atoms. The summed E-state index contributed by atoms with van der Waals surface area (Å²) < 4.78 is 4.98. The summed E-state index contributed by atoms with van der Waals surface area (Å²) in [5.74, 6) is -0.374. The molecule has 1 aliphatic rings. The Kier molecular flexibility index (Phi) is 6.49. The van der Waals surface area contributed by atoms with Gasteiger partial charge in [-0.1, -0.05) is 25.8 Å². The summed E-state index contributed by atoms with van der Waals surface area (Å²) in [6, 6.07) is -0.186. The zero-order valence-corrected chi connectivity index (χ0v) is 12.0. The van der Waals surface area contributed by atoms with Gasteiger partial charge in [-0.05, 0) is 32.0 Å². The molecule has 1 atom stereocenters. The van der Waals surface area contributed by atoms with Gasteiger partial charge in [-0.2, -0.15) is 0 Å². The predicted molar refractivity (Wildman–Crippen MR) is 76.5 cm³/mol. The predicted octanol–water partition coefficient (Wildman–Crippen LogP) is 1.43. The van der Waals surface area contributed by atoms with E-state index in [4.69, 9.17) is 17.0 Å². The molecule has 106 valence electrons. The topological polar surface area (TPSA) is 67.4 Å². The quantitative estimate of drug-likeness (QED) is 0.305. The normalized spacial score (nSPS) is 17.8. The van der Waals surface area contributed by atoms with Crippen molar-refractivity contribution in [3.05, 3.63) is 12.2 Å². The van der Waals surface area contributed by atoms with Crippen LogP contribution in [0.4, 0.5) is 0 Å². The van der Waals surface area contributed by atoms with E-state index in [0.29, 0.717) is 17.3 Å². The van der Waals surface area contributed by atoms with Gasteiger partial charge in [0.25, 0.3) is 0 Å². The summed E-state index contributed by atoms with van der Waals surface area (Å²) in [4.78, 5) is 22.4. The van der Waals surface area contributed by atoms with Gasteiger partial charge in [-0.15, -0.1) is 0 Å². The fourth-order valence-electron chi connectivity index (χ4n) is 1.75. The molecule has 1 unspecified atom stereocenters. The Morgan fingerprint density at radius 3 is 2.63 bits per heavy atom. The number of carbonyl (C=O) groups excluding carboxylic acids is 2. The molecular weight excluding hydrogens is 264 g/mol. The maximum absolute atomic E-state index is 11.4. The average Bonchev–Trinajstić information content (AvgIpc) is 2.66. The van der Waals surface area contributed by atoms with Crippen LogP contribution in [-0.2, 0) is 14.3 Å². The summed E-state index contributed by atoms with van der Waals surface area (Å²) in [6.07, 6.45) is 4.53. The maximum atomic E-state index is 11.4. The second-order valence-corrected chi connectivity index (χ2v) is 5.04. The molecule has 0 saturated carbocycles. The monoisotopic (exact) mass is 284 g/mol. The molecule has 0 aromatic carbocycles. The molecule has 1 saturated heterocycles. The fraction of sp³-hybridized carbons (Fsp3) is 0.615. The lowest BCUT2D eigenvalue weighted by Gasteiger charge is -2.07. The lowest BCUT2D eigenvalue weighted by molar-refractivity contribution is -0.139. The van der Waals surface area contributed by atoms with E-state index in [-0.39, 0.29) is 17.9 Å². The Morgan fingerprint density at radius 1 is 1.37 bits per heavy atom. The van der Waals surface area contributed by atoms with Crippen LogP contribution in [0.3, 0.4) is 0 Å². The molecule has 0 bridgehead atoms. The second-order valence-electron chi connectivity index (χ2n) is 4.63. The van der Waals surface area contributed by atoms with Crippen LogP contribution in [0.2, 0.25) is 0 Å². The minimum atomic E-state index is -0.333. The molecule has 1 aliphatic heterocycles. The van der Waals surface area contributed by atoms with Gasteiger partial charge in [0.1, 0.15) is 6.04 Å². The highest BCUT2D eigenvalue weighted by Crippen LogP contribution is 2.08. The number of nitrogens with one attached hydrogen (secondary N) is 2. The van der Waals surface area contributed by atoms with Crippen molar-refractivity contribution in [1.29, 1.82) is 0 Å². The number of thiocarbonyl (C=S) groups is 1. The Bertz CT molecular complexity index is 382. The highest BCUT2D eigenvalue weighted by atomic mass is 32.1. The zero-order chi connectivity index (χ0) is 14.3. The lowest BCUT2D eigenvalue weighted by Crippen LogP contribution is -2.28. The van der Waals surface area contributed by atoms with E-state index in [1.165, 1.54) is 0 Å². The van der Waals surface area contributed by atoms with Crippen LogP contribution in [0.1, 0.15) is 39.0 Å². The summed E-state index contributed by atoms with van der Waals surface area (Å²) in [5.41, 5.74) is 0.425. The first kappa shape index (κ1) is 15.6. The van der Waals surface area contributed by atoms with Gasteiger partial charge in [0.05, 0.1) is 6.61 Å². The maximum Gasteiger partial charge on any atom is 0.333 e. The molecule has 1 heterocycles. The molecule has 0 aromatic rings. The van der Waals surface area contributed by atoms with Crippen LogP contribution in [-0.4, -0.2) is 29.6 Å². The number of carbonyl (C=O) groups is 2. The number of hydrogen-bond acceptors (Lipinski definition) is 4. The molecule has 1 rings (SSSR count). The third-order valence-corrected chi connectivity index (χ3v) is 3.05. The van der Waals surface area contributed by atoms with Gasteiger partial charge in [0.2, 0.25) is 5.91 Å². The number of rotatable bonds is 8. The van der Waals surface area contributed by atoms with Gasteiger partial charge in [-0.3, -0.25) is 4.79 Å². The van der Waals surface area contributed by atoms with Crippen LogP contribution in [0.15, 0.2) is 12.2 Å². The lowest BCUT2D eigenvalue weighted by atomic mass is 10.1. The number of unbranched alkanes of at least 4 members (excludes halogenated alkanes) is 3. The molecular formula is C13H20N2O3S. The molecule has 6 heteroatoms. The number of hydrogen-bond donors (Lipinski definition) is 2.